The van der Waals surface area contributed by atoms with Crippen molar-refractivity contribution in [3.63, 3.8) is 0 Å². The van der Waals surface area contributed by atoms with Crippen molar-refractivity contribution in [1.29, 1.82) is 0 Å². The Morgan fingerprint density at radius 1 is 1.09 bits per heavy atom. The minimum atomic E-state index is -0.545. The van der Waals surface area contributed by atoms with Gasteiger partial charge in [0.2, 0.25) is 5.91 Å². The van der Waals surface area contributed by atoms with Crippen LogP contribution in [0.4, 0.5) is 26.4 Å². The average molecular weight is 479 g/mol. The topological polar surface area (TPSA) is 82.9 Å². The van der Waals surface area contributed by atoms with Gasteiger partial charge < -0.3 is 24.4 Å². The van der Waals surface area contributed by atoms with Gasteiger partial charge in [-0.25, -0.2) is 14.2 Å². The van der Waals surface area contributed by atoms with Crippen molar-refractivity contribution in [2.24, 2.45) is 0 Å². The van der Waals surface area contributed by atoms with Crippen molar-refractivity contribution >= 4 is 29.2 Å². The number of carbonyl (C=O) groups excluding carboxylic acids is 2. The molecule has 2 aliphatic heterocycles. The summed E-state index contributed by atoms with van der Waals surface area (Å²) in [6, 6.07) is 12.8. The Morgan fingerprint density at radius 2 is 1.80 bits per heavy atom. The Hall–Kier alpha value is -4.08. The molecule has 35 heavy (non-hydrogen) atoms. The molecule has 0 saturated carbocycles. The number of anilines is 3. The van der Waals surface area contributed by atoms with E-state index in [1.165, 1.54) is 17.9 Å². The summed E-state index contributed by atoms with van der Waals surface area (Å²) in [7, 11) is 0. The lowest BCUT2D eigenvalue weighted by Crippen LogP contribution is -2.47. The van der Waals surface area contributed by atoms with Crippen molar-refractivity contribution < 1.29 is 18.7 Å². The maximum Gasteiger partial charge on any atom is 0.414 e. The normalized spacial score (nSPS) is 18.1. The number of cyclic esters (lactones) is 1. The van der Waals surface area contributed by atoms with Gasteiger partial charge in [0.05, 0.1) is 36.3 Å². The molecule has 0 aliphatic carbocycles. The first-order valence-corrected chi connectivity index (χ1v) is 11.6. The van der Waals surface area contributed by atoms with Crippen LogP contribution in [0, 0.1) is 5.82 Å². The molecule has 2 amide bonds. The summed E-state index contributed by atoms with van der Waals surface area (Å²) in [5.74, 6) is 0.320. The SMILES string of the molecule is CC(=O)NCC1CN(c2ccc(N3CCN(c4ccc(-n5cccc5)cn4)CC3)c(F)c2)C(=O)O1. The molecule has 2 aromatic heterocycles. The fourth-order valence-electron chi connectivity index (χ4n) is 4.42. The van der Waals surface area contributed by atoms with Crippen LogP contribution in [0.5, 0.6) is 0 Å². The van der Waals surface area contributed by atoms with Crippen LogP contribution in [0.15, 0.2) is 61.1 Å². The summed E-state index contributed by atoms with van der Waals surface area (Å²) in [5.41, 5.74) is 1.95. The quantitative estimate of drug-likeness (QED) is 0.587. The number of hydrogen-bond acceptors (Lipinski definition) is 6. The van der Waals surface area contributed by atoms with Crippen molar-refractivity contribution in [2.45, 2.75) is 13.0 Å². The molecule has 9 nitrogen and oxygen atoms in total. The molecule has 2 saturated heterocycles. The number of nitrogens with zero attached hydrogens (tertiary/aromatic N) is 5. The van der Waals surface area contributed by atoms with Gasteiger partial charge in [-0.3, -0.25) is 9.69 Å². The van der Waals surface area contributed by atoms with Gasteiger partial charge in [-0.05, 0) is 42.5 Å². The van der Waals surface area contributed by atoms with E-state index in [1.54, 1.807) is 12.1 Å². The fraction of sp³-hybridized carbons (Fsp3) is 0.320. The Bertz CT molecular complexity index is 1190. The third kappa shape index (κ3) is 4.91. The standard InChI is InChI=1S/C25H27FN6O3/c1-18(33)27-16-21-17-32(25(34)35-21)19-4-6-23(22(26)14-19)30-10-12-31(13-11-30)24-7-5-20(15-28-24)29-8-2-3-9-29/h2-9,14-15,21H,10-13,16-17H2,1H3,(H,27,33). The van der Waals surface area contributed by atoms with E-state index in [1.807, 2.05) is 52.3 Å². The highest BCUT2D eigenvalue weighted by molar-refractivity contribution is 5.90. The number of benzene rings is 1. The van der Waals surface area contributed by atoms with Gasteiger partial charge >= 0.3 is 6.09 Å². The van der Waals surface area contributed by atoms with Gasteiger partial charge in [-0.1, -0.05) is 0 Å². The van der Waals surface area contributed by atoms with Crippen molar-refractivity contribution in [3.05, 3.63) is 66.9 Å². The average Bonchev–Trinajstić information content (AvgIpc) is 3.53. The molecule has 2 aliphatic rings. The van der Waals surface area contributed by atoms with E-state index < -0.39 is 12.2 Å². The van der Waals surface area contributed by atoms with Crippen LogP contribution >= 0.6 is 0 Å². The van der Waals surface area contributed by atoms with E-state index in [2.05, 4.69) is 15.2 Å². The largest absolute Gasteiger partial charge is 0.442 e. The van der Waals surface area contributed by atoms with Crippen LogP contribution in [-0.4, -0.2) is 66.9 Å². The van der Waals surface area contributed by atoms with E-state index in [0.717, 1.165) is 24.6 Å². The number of halogens is 1. The van der Waals surface area contributed by atoms with Crippen molar-refractivity contribution in [1.82, 2.24) is 14.9 Å². The molecule has 182 valence electrons. The Labute approximate surface area is 202 Å². The first-order chi connectivity index (χ1) is 17.0. The number of rotatable bonds is 6. The smallest absolute Gasteiger partial charge is 0.414 e. The molecule has 0 spiro atoms. The molecule has 3 aromatic rings. The Morgan fingerprint density at radius 3 is 2.46 bits per heavy atom. The van der Waals surface area contributed by atoms with Gasteiger partial charge in [0.25, 0.3) is 0 Å². The van der Waals surface area contributed by atoms with Crippen LogP contribution in [-0.2, 0) is 9.53 Å². The summed E-state index contributed by atoms with van der Waals surface area (Å²) in [4.78, 5) is 33.5. The zero-order chi connectivity index (χ0) is 24.4. The predicted octanol–water partition coefficient (Wildman–Crippen LogP) is 2.80. The van der Waals surface area contributed by atoms with E-state index in [9.17, 15) is 9.59 Å². The Balaban J connectivity index is 1.19. The summed E-state index contributed by atoms with van der Waals surface area (Å²) >= 11 is 0. The van der Waals surface area contributed by atoms with Gasteiger partial charge in [0.1, 0.15) is 17.7 Å². The number of ether oxygens (including phenoxy) is 1. The van der Waals surface area contributed by atoms with E-state index in [0.29, 0.717) is 24.5 Å². The second-order valence-corrected chi connectivity index (χ2v) is 8.63. The molecule has 1 unspecified atom stereocenters. The van der Waals surface area contributed by atoms with Crippen LogP contribution in [0.2, 0.25) is 0 Å². The third-order valence-corrected chi connectivity index (χ3v) is 6.27. The second kappa shape index (κ2) is 9.65. The zero-order valence-corrected chi connectivity index (χ0v) is 19.4. The molecule has 2 fully saturated rings. The summed E-state index contributed by atoms with van der Waals surface area (Å²) in [5, 5.41) is 2.63. The highest BCUT2D eigenvalue weighted by Gasteiger charge is 2.33. The third-order valence-electron chi connectivity index (χ3n) is 6.27. The highest BCUT2D eigenvalue weighted by atomic mass is 19.1. The summed E-state index contributed by atoms with van der Waals surface area (Å²) < 4.78 is 22.3. The number of hydrogen-bond donors (Lipinski definition) is 1. The Kier molecular flexibility index (Phi) is 6.26. The molecular formula is C25H27FN6O3. The first kappa shape index (κ1) is 22.7. The van der Waals surface area contributed by atoms with Gasteiger partial charge in [0, 0.05) is 45.5 Å². The number of carbonyl (C=O) groups is 2. The molecule has 5 rings (SSSR count). The zero-order valence-electron chi connectivity index (χ0n) is 19.4. The highest BCUT2D eigenvalue weighted by Crippen LogP contribution is 2.29. The number of aromatic nitrogens is 2. The maximum absolute atomic E-state index is 15.1. The van der Waals surface area contributed by atoms with Gasteiger partial charge in [-0.15, -0.1) is 0 Å². The maximum atomic E-state index is 15.1. The molecule has 10 heteroatoms. The van der Waals surface area contributed by atoms with E-state index >= 15 is 4.39 Å². The fourth-order valence-corrected chi connectivity index (χ4v) is 4.42. The molecule has 0 bridgehead atoms. The lowest BCUT2D eigenvalue weighted by Gasteiger charge is -2.37. The number of amides is 2. The summed E-state index contributed by atoms with van der Waals surface area (Å²) in [6.07, 6.45) is 4.80. The molecule has 1 atom stereocenters. The molecule has 4 heterocycles. The lowest BCUT2D eigenvalue weighted by molar-refractivity contribution is -0.119. The second-order valence-electron chi connectivity index (χ2n) is 8.63. The minimum absolute atomic E-state index is 0.195. The monoisotopic (exact) mass is 478 g/mol. The summed E-state index contributed by atoms with van der Waals surface area (Å²) in [6.45, 7) is 4.64. The van der Waals surface area contributed by atoms with E-state index in [4.69, 9.17) is 4.74 Å². The lowest BCUT2D eigenvalue weighted by atomic mass is 10.2. The van der Waals surface area contributed by atoms with Crippen LogP contribution in [0.1, 0.15) is 6.92 Å². The molecular weight excluding hydrogens is 451 g/mol. The minimum Gasteiger partial charge on any atom is -0.442 e. The number of nitrogens with one attached hydrogen (secondary N) is 1. The van der Waals surface area contributed by atoms with Gasteiger partial charge in [-0.2, -0.15) is 0 Å². The first-order valence-electron chi connectivity index (χ1n) is 11.6. The van der Waals surface area contributed by atoms with Crippen molar-refractivity contribution in [3.8, 4) is 5.69 Å². The van der Waals surface area contributed by atoms with Gasteiger partial charge in [0.15, 0.2) is 0 Å². The predicted molar refractivity (Wildman–Crippen MR) is 131 cm³/mol. The van der Waals surface area contributed by atoms with Crippen LogP contribution in [0.25, 0.3) is 5.69 Å². The van der Waals surface area contributed by atoms with Crippen LogP contribution in [0.3, 0.4) is 0 Å². The number of pyridine rings is 1. The molecule has 1 N–H and O–H groups in total. The molecule has 0 radical (unpaired) electrons. The van der Waals surface area contributed by atoms with E-state index in [-0.39, 0.29) is 24.8 Å². The van der Waals surface area contributed by atoms with Crippen molar-refractivity contribution in [2.75, 3.05) is 54.0 Å². The van der Waals surface area contributed by atoms with Crippen LogP contribution < -0.4 is 20.0 Å². The molecule has 1 aromatic carbocycles. The number of piperazine rings is 1.